The summed E-state index contributed by atoms with van der Waals surface area (Å²) in [7, 11) is -3.75. The number of amides is 2. The molecule has 2 rings (SSSR count). The first-order chi connectivity index (χ1) is 15.4. The lowest BCUT2D eigenvalue weighted by Crippen LogP contribution is -2.52. The highest BCUT2D eigenvalue weighted by molar-refractivity contribution is 7.92. The molecule has 0 radical (unpaired) electrons. The van der Waals surface area contributed by atoms with Crippen LogP contribution in [0, 0.1) is 6.92 Å². The number of hydrogen-bond acceptors (Lipinski definition) is 4. The van der Waals surface area contributed by atoms with Crippen molar-refractivity contribution in [2.45, 2.75) is 52.7 Å². The summed E-state index contributed by atoms with van der Waals surface area (Å²) in [4.78, 5) is 27.7. The lowest BCUT2D eigenvalue weighted by atomic mass is 10.1. The molecule has 180 valence electrons. The molecule has 0 heterocycles. The Kier molecular flexibility index (Phi) is 9.31. The zero-order chi connectivity index (χ0) is 24.8. The maximum Gasteiger partial charge on any atom is 0.244 e. The van der Waals surface area contributed by atoms with Gasteiger partial charge in [-0.05, 0) is 51.0 Å². The molecule has 0 aromatic heterocycles. The normalized spacial score (nSPS) is 13.2. The molecule has 0 aliphatic carbocycles. The first-order valence-electron chi connectivity index (χ1n) is 10.8. The van der Waals surface area contributed by atoms with Gasteiger partial charge in [0.05, 0.1) is 11.9 Å². The van der Waals surface area contributed by atoms with Crippen molar-refractivity contribution in [1.29, 1.82) is 0 Å². The van der Waals surface area contributed by atoms with Crippen LogP contribution in [-0.2, 0) is 26.2 Å². The Morgan fingerprint density at radius 1 is 1.06 bits per heavy atom. The lowest BCUT2D eigenvalue weighted by molar-refractivity contribution is -0.139. The van der Waals surface area contributed by atoms with Crippen molar-refractivity contribution in [1.82, 2.24) is 10.2 Å². The number of hydrogen-bond donors (Lipinski definition) is 1. The summed E-state index contributed by atoms with van der Waals surface area (Å²) in [5, 5.41) is 3.35. The summed E-state index contributed by atoms with van der Waals surface area (Å²) in [5.74, 6) is -0.821. The van der Waals surface area contributed by atoms with Crippen LogP contribution in [0.1, 0.15) is 38.3 Å². The van der Waals surface area contributed by atoms with Crippen LogP contribution in [0.4, 0.5) is 5.69 Å². The minimum atomic E-state index is -3.75. The van der Waals surface area contributed by atoms with E-state index in [0.29, 0.717) is 16.3 Å². The number of halogens is 1. The van der Waals surface area contributed by atoms with Gasteiger partial charge in [-0.2, -0.15) is 0 Å². The van der Waals surface area contributed by atoms with Gasteiger partial charge in [0.25, 0.3) is 0 Å². The van der Waals surface area contributed by atoms with Crippen molar-refractivity contribution < 1.29 is 18.0 Å². The first-order valence-corrected chi connectivity index (χ1v) is 13.0. The van der Waals surface area contributed by atoms with Gasteiger partial charge in [-0.25, -0.2) is 8.42 Å². The van der Waals surface area contributed by atoms with E-state index in [1.807, 2.05) is 20.8 Å². The minimum absolute atomic E-state index is 0.0581. The second-order valence-corrected chi connectivity index (χ2v) is 10.5. The van der Waals surface area contributed by atoms with Gasteiger partial charge in [0, 0.05) is 17.6 Å². The van der Waals surface area contributed by atoms with Crippen molar-refractivity contribution in [3.05, 3.63) is 64.7 Å². The number of nitrogens with zero attached hydrogens (tertiary/aromatic N) is 2. The molecule has 2 aromatic carbocycles. The molecule has 2 amide bonds. The minimum Gasteiger partial charge on any atom is -0.352 e. The molecule has 0 spiro atoms. The van der Waals surface area contributed by atoms with Crippen LogP contribution in [-0.4, -0.2) is 50.0 Å². The van der Waals surface area contributed by atoms with Crippen molar-refractivity contribution in [2.24, 2.45) is 0 Å². The summed E-state index contributed by atoms with van der Waals surface area (Å²) >= 11 is 6.31. The Bertz CT molecular complexity index is 1070. The fourth-order valence-corrected chi connectivity index (χ4v) is 4.23. The van der Waals surface area contributed by atoms with Gasteiger partial charge in [0.15, 0.2) is 0 Å². The Balaban J connectivity index is 2.39. The zero-order valence-electron chi connectivity index (χ0n) is 19.7. The van der Waals surface area contributed by atoms with E-state index in [0.717, 1.165) is 22.5 Å². The van der Waals surface area contributed by atoms with Gasteiger partial charge in [0.1, 0.15) is 12.6 Å². The van der Waals surface area contributed by atoms with E-state index in [2.05, 4.69) is 5.32 Å². The predicted octanol–water partition coefficient (Wildman–Crippen LogP) is 3.75. The van der Waals surface area contributed by atoms with Crippen molar-refractivity contribution in [2.75, 3.05) is 17.1 Å². The second-order valence-electron chi connectivity index (χ2n) is 8.21. The smallest absolute Gasteiger partial charge is 0.244 e. The molecule has 0 fully saturated rings. The molecule has 0 saturated heterocycles. The molecule has 7 nitrogen and oxygen atoms in total. The van der Waals surface area contributed by atoms with Crippen molar-refractivity contribution >= 4 is 39.1 Å². The van der Waals surface area contributed by atoms with E-state index in [9.17, 15) is 18.0 Å². The van der Waals surface area contributed by atoms with Crippen LogP contribution in [0.2, 0.25) is 5.02 Å². The fraction of sp³-hybridized carbons (Fsp3) is 0.417. The zero-order valence-corrected chi connectivity index (χ0v) is 21.3. The number of anilines is 1. The molecule has 9 heteroatoms. The summed E-state index contributed by atoms with van der Waals surface area (Å²) < 4.78 is 26.1. The number of aryl methyl sites for hydroxylation is 1. The SMILES string of the molecule is CC[C@H](C)NC(=O)[C@@H](C)N(Cc1ccccc1Cl)C(=O)CN(c1ccc(C)cc1)S(C)(=O)=O. The number of sulfonamides is 1. The molecule has 2 atom stereocenters. The van der Waals surface area contributed by atoms with Crippen LogP contribution in [0.5, 0.6) is 0 Å². The van der Waals surface area contributed by atoms with Crippen molar-refractivity contribution in [3.8, 4) is 0 Å². The molecular weight excluding hydrogens is 462 g/mol. The summed E-state index contributed by atoms with van der Waals surface area (Å²) in [6.07, 6.45) is 1.80. The third kappa shape index (κ3) is 7.47. The summed E-state index contributed by atoms with van der Waals surface area (Å²) in [6, 6.07) is 13.0. The number of rotatable bonds is 10. The molecule has 0 bridgehead atoms. The summed E-state index contributed by atoms with van der Waals surface area (Å²) in [6.45, 7) is 6.99. The Morgan fingerprint density at radius 2 is 1.67 bits per heavy atom. The first kappa shape index (κ1) is 26.7. The van der Waals surface area contributed by atoms with E-state index < -0.39 is 28.5 Å². The molecule has 1 N–H and O–H groups in total. The molecule has 0 aliphatic rings. The number of benzene rings is 2. The van der Waals surface area contributed by atoms with E-state index in [1.54, 1.807) is 55.5 Å². The molecule has 0 aliphatic heterocycles. The van der Waals surface area contributed by atoms with E-state index in [-0.39, 0.29) is 18.5 Å². The fourth-order valence-electron chi connectivity index (χ4n) is 3.18. The third-order valence-corrected chi connectivity index (χ3v) is 6.98. The number of nitrogens with one attached hydrogen (secondary N) is 1. The molecule has 0 unspecified atom stereocenters. The maximum atomic E-state index is 13.5. The average Bonchev–Trinajstić information content (AvgIpc) is 2.76. The quantitative estimate of drug-likeness (QED) is 0.546. The average molecular weight is 494 g/mol. The molecule has 0 saturated carbocycles. The Labute approximate surface area is 201 Å². The second kappa shape index (κ2) is 11.5. The standard InChI is InChI=1S/C24H32ClN3O4S/c1-6-18(3)26-24(30)19(4)27(15-20-9-7-8-10-22(20)25)23(29)16-28(33(5,31)32)21-13-11-17(2)12-14-21/h7-14,18-19H,6,15-16H2,1-5H3,(H,26,30)/t18-,19+/m0/s1. The van der Waals surface area contributed by atoms with Crippen molar-refractivity contribution in [3.63, 3.8) is 0 Å². The predicted molar refractivity (Wildman–Crippen MR) is 133 cm³/mol. The maximum absolute atomic E-state index is 13.5. The van der Waals surface area contributed by atoms with Gasteiger partial charge in [-0.3, -0.25) is 13.9 Å². The Morgan fingerprint density at radius 3 is 2.21 bits per heavy atom. The van der Waals surface area contributed by atoms with Crippen LogP contribution >= 0.6 is 11.6 Å². The number of carbonyl (C=O) groups is 2. The monoisotopic (exact) mass is 493 g/mol. The highest BCUT2D eigenvalue weighted by atomic mass is 35.5. The summed E-state index contributed by atoms with van der Waals surface area (Å²) in [5.41, 5.74) is 2.01. The largest absolute Gasteiger partial charge is 0.352 e. The highest BCUT2D eigenvalue weighted by Crippen LogP contribution is 2.22. The highest BCUT2D eigenvalue weighted by Gasteiger charge is 2.30. The van der Waals surface area contributed by atoms with Gasteiger partial charge >= 0.3 is 0 Å². The van der Waals surface area contributed by atoms with Crippen LogP contribution in [0.3, 0.4) is 0 Å². The van der Waals surface area contributed by atoms with Crippen LogP contribution in [0.25, 0.3) is 0 Å². The Hall–Kier alpha value is -2.58. The van der Waals surface area contributed by atoms with Crippen LogP contribution < -0.4 is 9.62 Å². The third-order valence-electron chi connectivity index (χ3n) is 5.47. The van der Waals surface area contributed by atoms with E-state index in [1.165, 1.54) is 4.90 Å². The van der Waals surface area contributed by atoms with Gasteiger partial charge in [-0.15, -0.1) is 0 Å². The van der Waals surface area contributed by atoms with Gasteiger partial charge in [0.2, 0.25) is 21.8 Å². The van der Waals surface area contributed by atoms with Crippen LogP contribution in [0.15, 0.2) is 48.5 Å². The van der Waals surface area contributed by atoms with Gasteiger partial charge in [-0.1, -0.05) is 54.4 Å². The van der Waals surface area contributed by atoms with E-state index in [4.69, 9.17) is 11.6 Å². The van der Waals surface area contributed by atoms with E-state index >= 15 is 0 Å². The topological polar surface area (TPSA) is 86.8 Å². The molecule has 33 heavy (non-hydrogen) atoms. The van der Waals surface area contributed by atoms with Gasteiger partial charge < -0.3 is 10.2 Å². The molecular formula is C24H32ClN3O4S. The lowest BCUT2D eigenvalue weighted by Gasteiger charge is -2.32. The number of carbonyl (C=O) groups excluding carboxylic acids is 2. The molecule has 2 aromatic rings.